The predicted octanol–water partition coefficient (Wildman–Crippen LogP) is 8.44. The summed E-state index contributed by atoms with van der Waals surface area (Å²) < 4.78 is 6.60. The van der Waals surface area contributed by atoms with E-state index < -0.39 is 0 Å². The van der Waals surface area contributed by atoms with E-state index in [1.54, 1.807) is 0 Å². The van der Waals surface area contributed by atoms with E-state index >= 15 is 0 Å². The van der Waals surface area contributed by atoms with E-state index in [1.807, 2.05) is 0 Å². The van der Waals surface area contributed by atoms with E-state index in [9.17, 15) is 0 Å². The number of benzene rings is 5. The summed E-state index contributed by atoms with van der Waals surface area (Å²) in [4.78, 5) is 5.40. The van der Waals surface area contributed by atoms with Crippen molar-refractivity contribution >= 4 is 40.5 Å². The van der Waals surface area contributed by atoms with Crippen molar-refractivity contribution in [1.29, 1.82) is 0 Å². The van der Waals surface area contributed by atoms with Gasteiger partial charge in [0.25, 0.3) is 0 Å². The highest BCUT2D eigenvalue weighted by atomic mass is 16.5. The first-order chi connectivity index (χ1) is 20.6. The quantitative estimate of drug-likeness (QED) is 0.198. The Morgan fingerprint density at radius 1 is 0.667 bits per heavy atom. The van der Waals surface area contributed by atoms with Crippen LogP contribution in [-0.2, 0) is 5.41 Å². The third-order valence-corrected chi connectivity index (χ3v) is 11.4. The molecule has 3 nitrogen and oxygen atoms in total. The number of nitrogens with zero attached hydrogens (tertiary/aromatic N) is 2. The van der Waals surface area contributed by atoms with Crippen LogP contribution in [0.5, 0.6) is 11.5 Å². The van der Waals surface area contributed by atoms with Crippen LogP contribution >= 0.6 is 0 Å². The Kier molecular flexibility index (Phi) is 4.24. The van der Waals surface area contributed by atoms with Gasteiger partial charge in [0.15, 0.2) is 5.75 Å². The molecule has 5 aromatic carbocycles. The van der Waals surface area contributed by atoms with Crippen molar-refractivity contribution in [3.63, 3.8) is 0 Å². The zero-order valence-electron chi connectivity index (χ0n) is 24.0. The van der Waals surface area contributed by atoms with Crippen LogP contribution in [0.1, 0.15) is 45.1 Å². The highest BCUT2D eigenvalue weighted by molar-refractivity contribution is 6.93. The van der Waals surface area contributed by atoms with Crippen LogP contribution in [0.2, 0.25) is 0 Å². The lowest BCUT2D eigenvalue weighted by atomic mass is 9.43. The minimum absolute atomic E-state index is 0.0166. The molecule has 5 aromatic rings. The van der Waals surface area contributed by atoms with Gasteiger partial charge in [0.2, 0.25) is 0 Å². The lowest BCUT2D eigenvalue weighted by molar-refractivity contribution is 0.195. The zero-order chi connectivity index (χ0) is 27.8. The normalized spacial score (nSPS) is 23.3. The van der Waals surface area contributed by atoms with E-state index in [4.69, 9.17) is 4.74 Å². The lowest BCUT2D eigenvalue weighted by Gasteiger charge is -2.53. The van der Waals surface area contributed by atoms with E-state index in [0.29, 0.717) is 0 Å². The molecule has 1 saturated carbocycles. The second kappa shape index (κ2) is 7.69. The molecule has 2 unspecified atom stereocenters. The van der Waals surface area contributed by atoms with E-state index in [0.717, 1.165) is 17.2 Å². The van der Waals surface area contributed by atoms with Crippen molar-refractivity contribution in [2.45, 2.75) is 50.5 Å². The van der Waals surface area contributed by atoms with Crippen molar-refractivity contribution in [3.05, 3.63) is 109 Å². The molecular weight excluding hydrogens is 511 g/mol. The Morgan fingerprint density at radius 3 is 2.36 bits per heavy atom. The molecule has 0 aromatic heterocycles. The molecule has 0 N–H and O–H groups in total. The van der Waals surface area contributed by atoms with Crippen molar-refractivity contribution in [3.8, 4) is 33.8 Å². The van der Waals surface area contributed by atoms with Gasteiger partial charge in [-0.05, 0) is 83.3 Å². The highest BCUT2D eigenvalue weighted by Crippen LogP contribution is 2.63. The average Bonchev–Trinajstić information content (AvgIpc) is 3.25. The minimum Gasteiger partial charge on any atom is -0.453 e. The molecule has 0 amide bonds. The first-order valence-corrected chi connectivity index (χ1v) is 15.4. The topological polar surface area (TPSA) is 15.7 Å². The van der Waals surface area contributed by atoms with Gasteiger partial charge in [-0.3, -0.25) is 0 Å². The van der Waals surface area contributed by atoms with Crippen molar-refractivity contribution in [2.75, 3.05) is 9.71 Å². The van der Waals surface area contributed by atoms with Crippen molar-refractivity contribution in [1.82, 2.24) is 0 Å². The number of rotatable bonds is 1. The third kappa shape index (κ3) is 2.57. The molecular formula is C38H31BN2O. The summed E-state index contributed by atoms with van der Waals surface area (Å²) in [5.41, 5.74) is 14.8. The molecule has 0 radical (unpaired) electrons. The largest absolute Gasteiger partial charge is 0.453 e. The third-order valence-electron chi connectivity index (χ3n) is 11.4. The standard InChI is InChI=1S/C38H31BN2O/c1-37-20-8-9-21-38(37,2)40-31-23-25(24-12-4-3-5-13-24)22-27-26-14-10-19-33-35(26)41(30-17-6-7-18-32(30)42-33)39(34(27)31)29-16-11-15-28(37)36(29)40/h3-7,10-19,22-23H,8-9,20-21H2,1-2H3. The van der Waals surface area contributed by atoms with Crippen LogP contribution in [-0.4, -0.2) is 12.4 Å². The summed E-state index contributed by atoms with van der Waals surface area (Å²) in [5.74, 6) is 1.86. The van der Waals surface area contributed by atoms with Crippen LogP contribution in [0.4, 0.5) is 22.7 Å². The van der Waals surface area contributed by atoms with Gasteiger partial charge in [0.1, 0.15) is 5.75 Å². The first-order valence-electron chi connectivity index (χ1n) is 15.4. The Morgan fingerprint density at radius 2 is 1.45 bits per heavy atom. The van der Waals surface area contributed by atoms with E-state index in [2.05, 4.69) is 127 Å². The monoisotopic (exact) mass is 542 g/mol. The van der Waals surface area contributed by atoms with Gasteiger partial charge in [-0.15, -0.1) is 0 Å². The SMILES string of the molecule is CC12CCCCC1(C)N1c3cc(-c4ccccc4)cc4c3B(c3cccc2c31)N1c2ccccc2Oc2cccc-4c21. The molecule has 202 valence electrons. The molecule has 1 aliphatic carbocycles. The number of hydrogen-bond acceptors (Lipinski definition) is 3. The molecule has 1 fully saturated rings. The van der Waals surface area contributed by atoms with Crippen molar-refractivity contribution in [2.24, 2.45) is 0 Å². The summed E-state index contributed by atoms with van der Waals surface area (Å²) in [6, 6.07) is 38.2. The number of anilines is 4. The zero-order valence-corrected chi connectivity index (χ0v) is 24.0. The first kappa shape index (κ1) is 23.2. The van der Waals surface area contributed by atoms with Gasteiger partial charge >= 0.3 is 6.85 Å². The van der Waals surface area contributed by atoms with Gasteiger partial charge in [-0.2, -0.15) is 0 Å². The maximum atomic E-state index is 6.60. The Bertz CT molecular complexity index is 1990. The van der Waals surface area contributed by atoms with Crippen LogP contribution in [0.3, 0.4) is 0 Å². The summed E-state index contributed by atoms with van der Waals surface area (Å²) in [6.45, 7) is 5.17. The van der Waals surface area contributed by atoms with Gasteiger partial charge in [0.05, 0.1) is 16.9 Å². The lowest BCUT2D eigenvalue weighted by Crippen LogP contribution is -2.65. The molecule has 4 heteroatoms. The highest BCUT2D eigenvalue weighted by Gasteiger charge is 2.62. The molecule has 4 aliphatic heterocycles. The predicted molar refractivity (Wildman–Crippen MR) is 174 cm³/mol. The second-order valence-corrected chi connectivity index (χ2v) is 13.2. The molecule has 42 heavy (non-hydrogen) atoms. The molecule has 4 heterocycles. The van der Waals surface area contributed by atoms with Gasteiger partial charge < -0.3 is 14.4 Å². The smallest absolute Gasteiger partial charge is 0.333 e. The summed E-state index contributed by atoms with van der Waals surface area (Å²) >= 11 is 0. The van der Waals surface area contributed by atoms with Crippen LogP contribution in [0, 0.1) is 0 Å². The molecule has 5 aliphatic rings. The van der Waals surface area contributed by atoms with Gasteiger partial charge in [-0.25, -0.2) is 0 Å². The second-order valence-electron chi connectivity index (χ2n) is 13.2. The Labute approximate surface area is 247 Å². The van der Waals surface area contributed by atoms with E-state index in [1.165, 1.54) is 81.5 Å². The number of ether oxygens (including phenoxy) is 1. The molecule has 10 rings (SSSR count). The van der Waals surface area contributed by atoms with Gasteiger partial charge in [0, 0.05) is 22.4 Å². The fourth-order valence-corrected chi connectivity index (χ4v) is 9.26. The Hall–Kier alpha value is -4.44. The average molecular weight is 542 g/mol. The fraction of sp³-hybridized carbons (Fsp3) is 0.211. The maximum absolute atomic E-state index is 6.60. The molecule has 2 atom stereocenters. The summed E-state index contributed by atoms with van der Waals surface area (Å²) in [5, 5.41) is 0. The number of para-hydroxylation sites is 4. The van der Waals surface area contributed by atoms with Crippen LogP contribution in [0.15, 0.2) is 103 Å². The molecule has 0 bridgehead atoms. The molecule has 0 spiro atoms. The van der Waals surface area contributed by atoms with E-state index in [-0.39, 0.29) is 17.8 Å². The number of hydrogen-bond donors (Lipinski definition) is 0. The molecule has 0 saturated heterocycles. The minimum atomic E-state index is 0.0166. The maximum Gasteiger partial charge on any atom is 0.333 e. The van der Waals surface area contributed by atoms with Crippen molar-refractivity contribution < 1.29 is 4.74 Å². The van der Waals surface area contributed by atoms with Gasteiger partial charge in [-0.1, -0.05) is 92.6 Å². The number of fused-ring (bicyclic) bond motifs is 9. The summed E-state index contributed by atoms with van der Waals surface area (Å²) in [7, 11) is 0. The van der Waals surface area contributed by atoms with Crippen LogP contribution in [0.25, 0.3) is 22.3 Å². The van der Waals surface area contributed by atoms with Crippen LogP contribution < -0.4 is 25.4 Å². The Balaban J connectivity index is 1.37. The fourth-order valence-electron chi connectivity index (χ4n) is 9.26. The summed E-state index contributed by atoms with van der Waals surface area (Å²) in [6.07, 6.45) is 5.00.